The van der Waals surface area contributed by atoms with Crippen molar-refractivity contribution in [1.82, 2.24) is 0 Å². The standard InChI is InChI=1S/C19H13ClN2O2S/c20-14-10-11-18-15(12-14)19(13-6-2-1-3-7-13)21-16-8-4-5-9-17(16)22-25(18,23)24/h1-12,22H. The van der Waals surface area contributed by atoms with E-state index in [0.29, 0.717) is 27.7 Å². The highest BCUT2D eigenvalue weighted by atomic mass is 35.5. The maximum Gasteiger partial charge on any atom is 0.262 e. The molecule has 1 heterocycles. The third kappa shape index (κ3) is 2.92. The van der Waals surface area contributed by atoms with Gasteiger partial charge >= 0.3 is 0 Å². The molecule has 0 atom stereocenters. The minimum Gasteiger partial charge on any atom is -0.277 e. The predicted octanol–water partition coefficient (Wildman–Crippen LogP) is 4.62. The first-order valence-electron chi connectivity index (χ1n) is 7.60. The first-order valence-corrected chi connectivity index (χ1v) is 9.46. The van der Waals surface area contributed by atoms with Gasteiger partial charge in [0.25, 0.3) is 10.0 Å². The van der Waals surface area contributed by atoms with E-state index in [1.54, 1.807) is 30.3 Å². The number of aliphatic imine (C=N–C) groups is 1. The highest BCUT2D eigenvalue weighted by Gasteiger charge is 2.26. The normalized spacial score (nSPS) is 15.0. The summed E-state index contributed by atoms with van der Waals surface area (Å²) in [4.78, 5) is 4.90. The van der Waals surface area contributed by atoms with Gasteiger partial charge in [0.2, 0.25) is 0 Å². The van der Waals surface area contributed by atoms with Crippen LogP contribution in [0.1, 0.15) is 11.1 Å². The minimum absolute atomic E-state index is 0.147. The van der Waals surface area contributed by atoms with Crippen LogP contribution in [0.5, 0.6) is 0 Å². The Morgan fingerprint density at radius 2 is 1.60 bits per heavy atom. The molecule has 0 bridgehead atoms. The SMILES string of the molecule is O=S1(=O)Nc2ccccc2N=C(c2ccccc2)c2cc(Cl)ccc21. The van der Waals surface area contributed by atoms with E-state index in [-0.39, 0.29) is 4.90 Å². The second-order valence-corrected chi connectivity index (χ2v) is 7.68. The Hall–Kier alpha value is -2.63. The van der Waals surface area contributed by atoms with Crippen LogP contribution < -0.4 is 4.72 Å². The largest absolute Gasteiger partial charge is 0.277 e. The van der Waals surface area contributed by atoms with Crippen LogP contribution in [-0.2, 0) is 10.0 Å². The maximum absolute atomic E-state index is 12.9. The molecular weight excluding hydrogens is 356 g/mol. The predicted molar refractivity (Wildman–Crippen MR) is 100 cm³/mol. The van der Waals surface area contributed by atoms with E-state index in [4.69, 9.17) is 16.6 Å². The zero-order valence-corrected chi connectivity index (χ0v) is 14.6. The molecular formula is C19H13ClN2O2S. The molecule has 3 aromatic carbocycles. The summed E-state index contributed by atoms with van der Waals surface area (Å²) >= 11 is 6.15. The van der Waals surface area contributed by atoms with Gasteiger partial charge in [-0.1, -0.05) is 54.1 Å². The van der Waals surface area contributed by atoms with Crippen LogP contribution in [0, 0.1) is 0 Å². The van der Waals surface area contributed by atoms with E-state index in [0.717, 1.165) is 5.56 Å². The van der Waals surface area contributed by atoms with Crippen molar-refractivity contribution < 1.29 is 8.42 Å². The van der Waals surface area contributed by atoms with Crippen molar-refractivity contribution in [2.45, 2.75) is 4.90 Å². The molecule has 1 aliphatic rings. The van der Waals surface area contributed by atoms with Crippen LogP contribution in [-0.4, -0.2) is 14.1 Å². The van der Waals surface area contributed by atoms with Crippen LogP contribution >= 0.6 is 11.6 Å². The Bertz CT molecular complexity index is 1090. The molecule has 1 N–H and O–H groups in total. The number of nitrogens with zero attached hydrogens (tertiary/aromatic N) is 1. The molecule has 3 aromatic rings. The molecule has 0 saturated heterocycles. The molecule has 0 saturated carbocycles. The van der Waals surface area contributed by atoms with E-state index in [1.807, 2.05) is 36.4 Å². The number of benzene rings is 3. The fraction of sp³-hybridized carbons (Fsp3) is 0. The van der Waals surface area contributed by atoms with Gasteiger partial charge < -0.3 is 0 Å². The Kier molecular flexibility index (Phi) is 3.82. The summed E-state index contributed by atoms with van der Waals surface area (Å²) in [6.45, 7) is 0. The fourth-order valence-corrected chi connectivity index (χ4v) is 4.21. The Balaban J connectivity index is 2.11. The average Bonchev–Trinajstić information content (AvgIpc) is 2.60. The van der Waals surface area contributed by atoms with Crippen molar-refractivity contribution in [1.29, 1.82) is 0 Å². The van der Waals surface area contributed by atoms with Crippen LogP contribution in [0.2, 0.25) is 5.02 Å². The lowest BCUT2D eigenvalue weighted by molar-refractivity contribution is 0.601. The second-order valence-electron chi connectivity index (χ2n) is 5.59. The summed E-state index contributed by atoms with van der Waals surface area (Å²) in [5.74, 6) is 0. The lowest BCUT2D eigenvalue weighted by Crippen LogP contribution is -2.19. The second kappa shape index (κ2) is 6.02. The van der Waals surface area contributed by atoms with E-state index in [9.17, 15) is 8.42 Å². The quantitative estimate of drug-likeness (QED) is 0.681. The minimum atomic E-state index is -3.76. The summed E-state index contributed by atoms with van der Waals surface area (Å²) < 4.78 is 28.4. The summed E-state index contributed by atoms with van der Waals surface area (Å²) in [6, 6.07) is 21.2. The number of nitrogens with one attached hydrogen (secondary N) is 1. The Morgan fingerprint density at radius 3 is 2.40 bits per heavy atom. The number of anilines is 1. The average molecular weight is 369 g/mol. The maximum atomic E-state index is 12.9. The van der Waals surface area contributed by atoms with Gasteiger partial charge in [0.1, 0.15) is 0 Å². The lowest BCUT2D eigenvalue weighted by atomic mass is 10.0. The van der Waals surface area contributed by atoms with Gasteiger partial charge in [-0.25, -0.2) is 13.4 Å². The molecule has 0 aromatic heterocycles. The van der Waals surface area contributed by atoms with Gasteiger partial charge in [0.05, 0.1) is 22.0 Å². The Morgan fingerprint density at radius 1 is 0.880 bits per heavy atom. The third-order valence-corrected chi connectivity index (χ3v) is 5.57. The van der Waals surface area contributed by atoms with E-state index in [2.05, 4.69) is 4.72 Å². The van der Waals surface area contributed by atoms with Crippen LogP contribution in [0.4, 0.5) is 11.4 Å². The summed E-state index contributed by atoms with van der Waals surface area (Å²) in [6.07, 6.45) is 0. The van der Waals surface area contributed by atoms with Gasteiger partial charge in [-0.15, -0.1) is 0 Å². The highest BCUT2D eigenvalue weighted by Crippen LogP contribution is 2.34. The smallest absolute Gasteiger partial charge is 0.262 e. The molecule has 0 amide bonds. The molecule has 25 heavy (non-hydrogen) atoms. The van der Waals surface area contributed by atoms with Crippen molar-refractivity contribution in [3.05, 3.63) is 88.9 Å². The molecule has 0 unspecified atom stereocenters. The van der Waals surface area contributed by atoms with Crippen LogP contribution in [0.3, 0.4) is 0 Å². The van der Waals surface area contributed by atoms with E-state index in [1.165, 1.54) is 6.07 Å². The van der Waals surface area contributed by atoms with Crippen molar-refractivity contribution in [3.8, 4) is 0 Å². The molecule has 124 valence electrons. The lowest BCUT2D eigenvalue weighted by Gasteiger charge is -2.19. The van der Waals surface area contributed by atoms with Crippen molar-refractivity contribution >= 4 is 38.7 Å². The van der Waals surface area contributed by atoms with Crippen LogP contribution in [0.25, 0.3) is 0 Å². The van der Waals surface area contributed by atoms with Gasteiger partial charge in [0.15, 0.2) is 0 Å². The topological polar surface area (TPSA) is 58.5 Å². The fourth-order valence-electron chi connectivity index (χ4n) is 2.78. The molecule has 4 rings (SSSR count). The van der Waals surface area contributed by atoms with Crippen molar-refractivity contribution in [2.24, 2.45) is 4.99 Å². The van der Waals surface area contributed by atoms with Crippen molar-refractivity contribution in [3.63, 3.8) is 0 Å². The zero-order chi connectivity index (χ0) is 17.4. The molecule has 6 heteroatoms. The number of rotatable bonds is 1. The van der Waals surface area contributed by atoms with E-state index >= 15 is 0 Å². The monoisotopic (exact) mass is 368 g/mol. The highest BCUT2D eigenvalue weighted by molar-refractivity contribution is 7.92. The summed E-state index contributed by atoms with van der Waals surface area (Å²) in [5, 5.41) is 0.450. The number of hydrogen-bond donors (Lipinski definition) is 1. The number of para-hydroxylation sites is 2. The third-order valence-electron chi connectivity index (χ3n) is 3.91. The van der Waals surface area contributed by atoms with Gasteiger partial charge in [-0.05, 0) is 30.3 Å². The van der Waals surface area contributed by atoms with Gasteiger partial charge in [-0.2, -0.15) is 0 Å². The molecule has 1 aliphatic heterocycles. The number of halogens is 1. The zero-order valence-electron chi connectivity index (χ0n) is 13.0. The summed E-state index contributed by atoms with van der Waals surface area (Å²) in [7, 11) is -3.76. The molecule has 0 aliphatic carbocycles. The number of sulfonamides is 1. The molecule has 4 nitrogen and oxygen atoms in total. The van der Waals surface area contributed by atoms with Crippen molar-refractivity contribution in [2.75, 3.05) is 4.72 Å². The first-order chi connectivity index (χ1) is 12.0. The summed E-state index contributed by atoms with van der Waals surface area (Å²) in [5.41, 5.74) is 2.85. The first kappa shape index (κ1) is 15.9. The molecule has 0 radical (unpaired) electrons. The van der Waals surface area contributed by atoms with Gasteiger partial charge in [-0.3, -0.25) is 4.72 Å². The Labute approximate surface area is 150 Å². The molecule has 0 fully saturated rings. The van der Waals surface area contributed by atoms with Crippen LogP contribution in [0.15, 0.2) is 82.7 Å². The number of hydrogen-bond acceptors (Lipinski definition) is 3. The van der Waals surface area contributed by atoms with E-state index < -0.39 is 10.0 Å². The number of fused-ring (bicyclic) bond motifs is 2. The molecule has 0 spiro atoms. The van der Waals surface area contributed by atoms with Gasteiger partial charge in [0, 0.05) is 16.1 Å².